The number of nitrogens with zero attached hydrogens (tertiary/aromatic N) is 1. The second-order valence-electron chi connectivity index (χ2n) is 3.44. The second kappa shape index (κ2) is 7.42. The summed E-state index contributed by atoms with van der Waals surface area (Å²) >= 11 is 3.13. The zero-order valence-corrected chi connectivity index (χ0v) is 11.5. The first-order chi connectivity index (χ1) is 7.56. The Morgan fingerprint density at radius 1 is 1.59 bits per heavy atom. The summed E-state index contributed by atoms with van der Waals surface area (Å²) in [6.07, 6.45) is 3.32. The molecule has 0 bridgehead atoms. The van der Waals surface area contributed by atoms with Gasteiger partial charge in [-0.2, -0.15) is 0 Å². The largest absolute Gasteiger partial charge is 0.324 e. The van der Waals surface area contributed by atoms with Crippen LogP contribution in [0.25, 0.3) is 0 Å². The lowest BCUT2D eigenvalue weighted by Gasteiger charge is -2.10. The van der Waals surface area contributed by atoms with E-state index >= 15 is 0 Å². The van der Waals surface area contributed by atoms with Crippen LogP contribution in [0, 0.1) is 10.1 Å². The first-order valence-electron chi connectivity index (χ1n) is 4.86. The average Bonchev–Trinajstić information content (AvgIpc) is 2.26. The van der Waals surface area contributed by atoms with Gasteiger partial charge in [0.1, 0.15) is 0 Å². The van der Waals surface area contributed by atoms with Gasteiger partial charge in [-0.05, 0) is 40.4 Å². The van der Waals surface area contributed by atoms with Crippen LogP contribution in [0.15, 0.2) is 35.3 Å². The van der Waals surface area contributed by atoms with Gasteiger partial charge >= 0.3 is 0 Å². The summed E-state index contributed by atoms with van der Waals surface area (Å²) < 4.78 is 0.470. The molecule has 1 atom stereocenters. The van der Waals surface area contributed by atoms with E-state index in [1.807, 2.05) is 0 Å². The van der Waals surface area contributed by atoms with Crippen molar-refractivity contribution in [3.05, 3.63) is 51.0 Å². The lowest BCUT2D eigenvalue weighted by Crippen LogP contribution is -2.10. The summed E-state index contributed by atoms with van der Waals surface area (Å²) in [7, 11) is 0. The van der Waals surface area contributed by atoms with E-state index in [4.69, 9.17) is 5.73 Å². The Labute approximate surface area is 115 Å². The quantitative estimate of drug-likeness (QED) is 0.510. The van der Waals surface area contributed by atoms with E-state index in [0.29, 0.717) is 4.47 Å². The molecule has 0 radical (unpaired) electrons. The number of hydrogen-bond donors (Lipinski definition) is 1. The van der Waals surface area contributed by atoms with E-state index < -0.39 is 4.92 Å². The monoisotopic (exact) mass is 320 g/mol. The minimum Gasteiger partial charge on any atom is -0.324 e. The van der Waals surface area contributed by atoms with E-state index in [-0.39, 0.29) is 24.1 Å². The molecular formula is C11H14BrClN2O2. The molecule has 94 valence electrons. The van der Waals surface area contributed by atoms with Crippen LogP contribution in [0.2, 0.25) is 0 Å². The second-order valence-corrected chi connectivity index (χ2v) is 4.29. The van der Waals surface area contributed by atoms with Crippen molar-refractivity contribution in [2.45, 2.75) is 18.9 Å². The molecule has 2 N–H and O–H groups in total. The highest BCUT2D eigenvalue weighted by Crippen LogP contribution is 2.28. The Kier molecular flexibility index (Phi) is 7.03. The van der Waals surface area contributed by atoms with Crippen molar-refractivity contribution in [1.82, 2.24) is 0 Å². The molecule has 0 aliphatic carbocycles. The summed E-state index contributed by atoms with van der Waals surface area (Å²) in [5.74, 6) is 0. The van der Waals surface area contributed by atoms with Crippen LogP contribution in [-0.2, 0) is 0 Å². The van der Waals surface area contributed by atoms with Crippen molar-refractivity contribution in [2.24, 2.45) is 5.73 Å². The van der Waals surface area contributed by atoms with Gasteiger partial charge in [0, 0.05) is 12.1 Å². The Morgan fingerprint density at radius 3 is 2.76 bits per heavy atom. The van der Waals surface area contributed by atoms with Crippen molar-refractivity contribution in [3.63, 3.8) is 0 Å². The van der Waals surface area contributed by atoms with Gasteiger partial charge in [-0.3, -0.25) is 10.1 Å². The van der Waals surface area contributed by atoms with Gasteiger partial charge in [0.25, 0.3) is 5.69 Å². The number of benzene rings is 1. The van der Waals surface area contributed by atoms with Crippen molar-refractivity contribution < 1.29 is 4.92 Å². The normalized spacial score (nSPS) is 11.4. The first-order valence-corrected chi connectivity index (χ1v) is 5.66. The number of nitrogens with two attached hydrogens (primary N) is 1. The highest BCUT2D eigenvalue weighted by molar-refractivity contribution is 9.10. The number of nitro groups is 1. The maximum atomic E-state index is 10.7. The van der Waals surface area contributed by atoms with Gasteiger partial charge < -0.3 is 5.73 Å². The van der Waals surface area contributed by atoms with Gasteiger partial charge in [0.05, 0.1) is 9.40 Å². The molecule has 6 heteroatoms. The van der Waals surface area contributed by atoms with E-state index in [1.165, 1.54) is 6.07 Å². The SMILES string of the molecule is C=CCC[C@H](N)c1ccc(Br)c([N+](=O)[O-])c1.Cl. The Balaban J connectivity index is 0.00000256. The molecule has 0 saturated carbocycles. The van der Waals surface area contributed by atoms with Crippen molar-refractivity contribution in [2.75, 3.05) is 0 Å². The predicted molar refractivity (Wildman–Crippen MR) is 74.4 cm³/mol. The maximum Gasteiger partial charge on any atom is 0.283 e. The number of rotatable bonds is 5. The van der Waals surface area contributed by atoms with Crippen LogP contribution in [-0.4, -0.2) is 4.92 Å². The van der Waals surface area contributed by atoms with Gasteiger partial charge in [-0.25, -0.2) is 0 Å². The van der Waals surface area contributed by atoms with Crippen molar-refractivity contribution in [3.8, 4) is 0 Å². The number of nitro benzene ring substituents is 1. The molecular weight excluding hydrogens is 307 g/mol. The fourth-order valence-electron chi connectivity index (χ4n) is 1.36. The molecule has 1 aromatic rings. The lowest BCUT2D eigenvalue weighted by atomic mass is 10.0. The van der Waals surface area contributed by atoms with Gasteiger partial charge in [-0.15, -0.1) is 19.0 Å². The van der Waals surface area contributed by atoms with Crippen LogP contribution in [0.4, 0.5) is 5.69 Å². The van der Waals surface area contributed by atoms with Gasteiger partial charge in [0.2, 0.25) is 0 Å². The molecule has 1 aromatic carbocycles. The average molecular weight is 322 g/mol. The standard InChI is InChI=1S/C11H13BrN2O2.ClH/c1-2-3-4-10(13)8-5-6-9(12)11(7-8)14(15)16;/h2,5-7,10H,1,3-4,13H2;1H/t10-;/m0./s1. The predicted octanol–water partition coefficient (Wildman–Crippen LogP) is 3.75. The van der Waals surface area contributed by atoms with Crippen LogP contribution in [0.1, 0.15) is 24.4 Å². The molecule has 0 amide bonds. The van der Waals surface area contributed by atoms with E-state index in [1.54, 1.807) is 18.2 Å². The molecule has 0 aliphatic rings. The molecule has 0 heterocycles. The molecule has 0 saturated heterocycles. The van der Waals surface area contributed by atoms with Crippen molar-refractivity contribution in [1.29, 1.82) is 0 Å². The molecule has 17 heavy (non-hydrogen) atoms. The summed E-state index contributed by atoms with van der Waals surface area (Å²) in [6, 6.07) is 4.77. The summed E-state index contributed by atoms with van der Waals surface area (Å²) in [5, 5.41) is 10.7. The zero-order chi connectivity index (χ0) is 12.1. The van der Waals surface area contributed by atoms with E-state index in [2.05, 4.69) is 22.5 Å². The highest BCUT2D eigenvalue weighted by Gasteiger charge is 2.15. The number of allylic oxidation sites excluding steroid dienone is 1. The lowest BCUT2D eigenvalue weighted by molar-refractivity contribution is -0.385. The van der Waals surface area contributed by atoms with Gasteiger partial charge in [-0.1, -0.05) is 12.1 Å². The van der Waals surface area contributed by atoms with Crippen LogP contribution in [0.3, 0.4) is 0 Å². The smallest absolute Gasteiger partial charge is 0.283 e. The highest BCUT2D eigenvalue weighted by atomic mass is 79.9. The number of hydrogen-bond acceptors (Lipinski definition) is 3. The summed E-state index contributed by atoms with van der Waals surface area (Å²) in [4.78, 5) is 10.3. The molecule has 0 aliphatic heterocycles. The summed E-state index contributed by atoms with van der Waals surface area (Å²) in [5.41, 5.74) is 6.74. The van der Waals surface area contributed by atoms with Crippen LogP contribution >= 0.6 is 28.3 Å². The molecule has 0 unspecified atom stereocenters. The van der Waals surface area contributed by atoms with E-state index in [0.717, 1.165) is 18.4 Å². The Bertz CT molecular complexity index is 412. The molecule has 4 nitrogen and oxygen atoms in total. The first kappa shape index (κ1) is 16.1. The third-order valence-electron chi connectivity index (χ3n) is 2.28. The van der Waals surface area contributed by atoms with Gasteiger partial charge in [0.15, 0.2) is 0 Å². The minimum absolute atomic E-state index is 0. The Hall–Kier alpha value is -0.910. The molecule has 0 spiro atoms. The number of halogens is 2. The fourth-order valence-corrected chi connectivity index (χ4v) is 1.76. The fraction of sp³-hybridized carbons (Fsp3) is 0.273. The van der Waals surface area contributed by atoms with Crippen LogP contribution < -0.4 is 5.73 Å². The summed E-state index contributed by atoms with van der Waals surface area (Å²) in [6.45, 7) is 3.61. The van der Waals surface area contributed by atoms with E-state index in [9.17, 15) is 10.1 Å². The zero-order valence-electron chi connectivity index (χ0n) is 9.14. The minimum atomic E-state index is -0.423. The van der Waals surface area contributed by atoms with Crippen molar-refractivity contribution >= 4 is 34.0 Å². The third-order valence-corrected chi connectivity index (χ3v) is 2.95. The molecule has 0 fully saturated rings. The third kappa shape index (κ3) is 4.46. The molecule has 1 rings (SSSR count). The Morgan fingerprint density at radius 2 is 2.24 bits per heavy atom. The molecule has 0 aromatic heterocycles. The topological polar surface area (TPSA) is 69.2 Å². The maximum absolute atomic E-state index is 10.7. The van der Waals surface area contributed by atoms with Crippen LogP contribution in [0.5, 0.6) is 0 Å².